The molecule has 1 atom stereocenters. The van der Waals surface area contributed by atoms with E-state index >= 15 is 0 Å². The lowest BCUT2D eigenvalue weighted by Crippen LogP contribution is -2.40. The third kappa shape index (κ3) is 7.83. The first-order valence-corrected chi connectivity index (χ1v) is 7.88. The number of nitrogens with zero attached hydrogens (tertiary/aromatic N) is 2. The fourth-order valence-corrected chi connectivity index (χ4v) is 1.94. The molecule has 5 nitrogen and oxygen atoms in total. The van der Waals surface area contributed by atoms with Crippen LogP contribution in [0.1, 0.15) is 31.5 Å². The van der Waals surface area contributed by atoms with Gasteiger partial charge in [0.05, 0.1) is 17.8 Å². The molecule has 0 unspecified atom stereocenters. The van der Waals surface area contributed by atoms with E-state index in [0.29, 0.717) is 12.6 Å². The van der Waals surface area contributed by atoms with E-state index in [4.69, 9.17) is 0 Å². The van der Waals surface area contributed by atoms with Crippen LogP contribution in [0.3, 0.4) is 0 Å². The van der Waals surface area contributed by atoms with Gasteiger partial charge in [0.1, 0.15) is 0 Å². The van der Waals surface area contributed by atoms with Crippen molar-refractivity contribution >= 4 is 11.9 Å². The Kier molecular flexibility index (Phi) is 7.61. The average Bonchev–Trinajstić information content (AvgIpc) is 2.57. The summed E-state index contributed by atoms with van der Waals surface area (Å²) >= 11 is 0. The van der Waals surface area contributed by atoms with Crippen molar-refractivity contribution in [2.75, 3.05) is 13.2 Å². The first-order valence-electron chi connectivity index (χ1n) is 7.88. The smallest absolute Gasteiger partial charge is 0.422 e. The number of pyridine rings is 1. The van der Waals surface area contributed by atoms with Crippen LogP contribution in [0.5, 0.6) is 0 Å². The van der Waals surface area contributed by atoms with Crippen molar-refractivity contribution in [1.29, 1.82) is 0 Å². The average molecular weight is 400 g/mol. The van der Waals surface area contributed by atoms with Crippen molar-refractivity contribution in [1.82, 2.24) is 9.88 Å². The summed E-state index contributed by atoms with van der Waals surface area (Å²) in [4.78, 5) is 28.2. The highest BCUT2D eigenvalue weighted by molar-refractivity contribution is 6.32. The minimum absolute atomic E-state index is 0.000840. The zero-order valence-corrected chi connectivity index (χ0v) is 14.5. The van der Waals surface area contributed by atoms with Crippen LogP contribution in [-0.2, 0) is 27.0 Å². The van der Waals surface area contributed by atoms with Gasteiger partial charge in [-0.2, -0.15) is 26.3 Å². The molecule has 1 aromatic heterocycles. The third-order valence-electron chi connectivity index (χ3n) is 3.56. The number of alkyl halides is 6. The van der Waals surface area contributed by atoms with Crippen molar-refractivity contribution in [3.8, 4) is 0 Å². The number of ether oxygens (including phenoxy) is 1. The predicted octanol–water partition coefficient (Wildman–Crippen LogP) is 3.58. The van der Waals surface area contributed by atoms with Crippen LogP contribution in [0.2, 0.25) is 0 Å². The van der Waals surface area contributed by atoms with E-state index in [-0.39, 0.29) is 24.7 Å². The minimum Gasteiger partial charge on any atom is -0.449 e. The normalized spacial score (nSPS) is 13.2. The zero-order valence-electron chi connectivity index (χ0n) is 14.5. The molecule has 0 aliphatic heterocycles. The largest absolute Gasteiger partial charge is 0.449 e. The van der Waals surface area contributed by atoms with Gasteiger partial charge in [-0.25, -0.2) is 4.79 Å². The molecule has 0 spiro atoms. The van der Waals surface area contributed by atoms with Crippen molar-refractivity contribution < 1.29 is 40.7 Å². The number of aromatic nitrogens is 1. The number of rotatable bonds is 6. The second-order valence-electron chi connectivity index (χ2n) is 5.93. The SMILES string of the molecule is CC[C@H](C)CN(Cc1ccc(C(F)(F)F)cn1)C(=O)C(=O)OCC(F)(F)F. The minimum atomic E-state index is -4.79. The Morgan fingerprint density at radius 2 is 1.81 bits per heavy atom. The highest BCUT2D eigenvalue weighted by Gasteiger charge is 2.33. The number of amides is 1. The summed E-state index contributed by atoms with van der Waals surface area (Å²) < 4.78 is 78.0. The third-order valence-corrected chi connectivity index (χ3v) is 3.56. The lowest BCUT2D eigenvalue weighted by molar-refractivity contribution is -0.189. The fraction of sp³-hybridized carbons (Fsp3) is 0.562. The van der Waals surface area contributed by atoms with Gasteiger partial charge in [0.25, 0.3) is 0 Å². The van der Waals surface area contributed by atoms with Crippen LogP contribution in [-0.4, -0.2) is 41.1 Å². The summed E-state index contributed by atoms with van der Waals surface area (Å²) in [6.07, 6.45) is -8.20. The molecule has 0 bridgehead atoms. The first kappa shape index (κ1) is 22.7. The molecular weight excluding hydrogens is 382 g/mol. The quantitative estimate of drug-likeness (QED) is 0.416. The summed E-state index contributed by atoms with van der Waals surface area (Å²) in [6.45, 7) is 1.28. The van der Waals surface area contributed by atoms with E-state index in [0.717, 1.165) is 17.0 Å². The van der Waals surface area contributed by atoms with Gasteiger partial charge in [-0.15, -0.1) is 0 Å². The van der Waals surface area contributed by atoms with Crippen LogP contribution in [0, 0.1) is 5.92 Å². The van der Waals surface area contributed by atoms with Gasteiger partial charge >= 0.3 is 24.2 Å². The van der Waals surface area contributed by atoms with E-state index in [9.17, 15) is 35.9 Å². The highest BCUT2D eigenvalue weighted by Crippen LogP contribution is 2.28. The van der Waals surface area contributed by atoms with Crippen molar-refractivity contribution in [3.05, 3.63) is 29.6 Å². The fourth-order valence-electron chi connectivity index (χ4n) is 1.94. The monoisotopic (exact) mass is 400 g/mol. The summed E-state index contributed by atoms with van der Waals surface area (Å²) in [5, 5.41) is 0. The topological polar surface area (TPSA) is 59.5 Å². The number of carbonyl (C=O) groups is 2. The molecule has 1 heterocycles. The molecule has 0 saturated heterocycles. The maximum atomic E-state index is 12.6. The van der Waals surface area contributed by atoms with Crippen LogP contribution in [0.4, 0.5) is 26.3 Å². The maximum Gasteiger partial charge on any atom is 0.422 e. The molecule has 0 saturated carbocycles. The van der Waals surface area contributed by atoms with Crippen molar-refractivity contribution in [3.63, 3.8) is 0 Å². The molecule has 1 rings (SSSR count). The Labute approximate surface area is 151 Å². The van der Waals surface area contributed by atoms with Gasteiger partial charge in [-0.05, 0) is 18.1 Å². The standard InChI is InChI=1S/C16H18F6N2O3/c1-3-10(2)7-24(13(25)14(26)27-9-15(17,18)19)8-12-5-4-11(6-23-12)16(20,21)22/h4-6,10H,3,7-9H2,1-2H3/t10-/m0/s1. The second kappa shape index (κ2) is 9.05. The van der Waals surface area contributed by atoms with Crippen molar-refractivity contribution in [2.24, 2.45) is 5.92 Å². The summed E-state index contributed by atoms with van der Waals surface area (Å²) in [7, 11) is 0. The number of hydrogen-bond acceptors (Lipinski definition) is 4. The van der Waals surface area contributed by atoms with Crippen LogP contribution in [0.25, 0.3) is 0 Å². The van der Waals surface area contributed by atoms with Crippen LogP contribution in [0.15, 0.2) is 18.3 Å². The Morgan fingerprint density at radius 1 is 1.19 bits per heavy atom. The molecular formula is C16H18F6N2O3. The molecule has 11 heteroatoms. The molecule has 0 aromatic carbocycles. The molecule has 1 amide bonds. The Bertz CT molecular complexity index is 643. The molecule has 0 aliphatic rings. The van der Waals surface area contributed by atoms with Crippen LogP contribution < -0.4 is 0 Å². The van der Waals surface area contributed by atoms with E-state index in [2.05, 4.69) is 9.72 Å². The summed E-state index contributed by atoms with van der Waals surface area (Å²) in [5.74, 6) is -3.12. The Morgan fingerprint density at radius 3 is 2.26 bits per heavy atom. The van der Waals surface area contributed by atoms with Crippen molar-refractivity contribution in [2.45, 2.75) is 39.2 Å². The van der Waals surface area contributed by atoms with Gasteiger partial charge in [0.15, 0.2) is 6.61 Å². The van der Waals surface area contributed by atoms with E-state index in [1.54, 1.807) is 13.8 Å². The summed E-state index contributed by atoms with van der Waals surface area (Å²) in [5.41, 5.74) is -0.945. The first-order chi connectivity index (χ1) is 12.3. The second-order valence-corrected chi connectivity index (χ2v) is 5.93. The number of hydrogen-bond donors (Lipinski definition) is 0. The van der Waals surface area contributed by atoms with Gasteiger partial charge in [0, 0.05) is 12.7 Å². The Balaban J connectivity index is 2.90. The molecule has 27 heavy (non-hydrogen) atoms. The lowest BCUT2D eigenvalue weighted by atomic mass is 10.1. The van der Waals surface area contributed by atoms with Gasteiger partial charge < -0.3 is 9.64 Å². The van der Waals surface area contributed by atoms with E-state index < -0.39 is 36.4 Å². The Hall–Kier alpha value is -2.33. The molecule has 0 radical (unpaired) electrons. The van der Waals surface area contributed by atoms with Gasteiger partial charge in [-0.3, -0.25) is 9.78 Å². The predicted molar refractivity (Wildman–Crippen MR) is 81.1 cm³/mol. The molecule has 0 N–H and O–H groups in total. The molecule has 152 valence electrons. The zero-order chi connectivity index (χ0) is 20.8. The lowest BCUT2D eigenvalue weighted by Gasteiger charge is -2.24. The van der Waals surface area contributed by atoms with Gasteiger partial charge in [-0.1, -0.05) is 20.3 Å². The molecule has 1 aromatic rings. The highest BCUT2D eigenvalue weighted by atomic mass is 19.4. The van der Waals surface area contributed by atoms with Crippen LogP contribution >= 0.6 is 0 Å². The van der Waals surface area contributed by atoms with E-state index in [1.165, 1.54) is 0 Å². The maximum absolute atomic E-state index is 12.6. The van der Waals surface area contributed by atoms with E-state index in [1.807, 2.05) is 0 Å². The number of halogens is 6. The molecule has 0 fully saturated rings. The number of esters is 1. The number of carbonyl (C=O) groups excluding carboxylic acids is 2. The molecule has 0 aliphatic carbocycles. The van der Waals surface area contributed by atoms with Gasteiger partial charge in [0.2, 0.25) is 0 Å². The summed E-state index contributed by atoms with van der Waals surface area (Å²) in [6, 6.07) is 1.79.